The second kappa shape index (κ2) is 12.7. The summed E-state index contributed by atoms with van der Waals surface area (Å²) in [5, 5.41) is 10.5. The summed E-state index contributed by atoms with van der Waals surface area (Å²) in [6.07, 6.45) is 1.67. The Morgan fingerprint density at radius 3 is 2.29 bits per heavy atom. The van der Waals surface area contributed by atoms with Crippen LogP contribution in [0.3, 0.4) is 0 Å². The maximum Gasteiger partial charge on any atom is 0.319 e. The lowest BCUT2D eigenvalue weighted by atomic mass is 10.1. The van der Waals surface area contributed by atoms with E-state index in [2.05, 4.69) is 26.2 Å². The fourth-order valence-electron chi connectivity index (χ4n) is 2.52. The summed E-state index contributed by atoms with van der Waals surface area (Å²) in [6, 6.07) is 4.76. The molecule has 0 unspecified atom stereocenters. The maximum absolute atomic E-state index is 12.1. The van der Waals surface area contributed by atoms with Gasteiger partial charge in [-0.1, -0.05) is 6.07 Å². The van der Waals surface area contributed by atoms with Crippen molar-refractivity contribution >= 4 is 29.2 Å². The summed E-state index contributed by atoms with van der Waals surface area (Å²) in [5.74, 6) is -1.43. The summed E-state index contributed by atoms with van der Waals surface area (Å²) >= 11 is 0. The monoisotopic (exact) mass is 392 g/mol. The molecular weight excluding hydrogens is 360 g/mol. The molecule has 0 saturated heterocycles. The van der Waals surface area contributed by atoms with E-state index in [4.69, 9.17) is 5.73 Å². The third-order valence-corrected chi connectivity index (χ3v) is 4.12. The van der Waals surface area contributed by atoms with Gasteiger partial charge in [0, 0.05) is 24.5 Å². The van der Waals surface area contributed by atoms with Crippen LogP contribution in [-0.2, 0) is 9.59 Å². The van der Waals surface area contributed by atoms with Crippen LogP contribution < -0.4 is 27.0 Å². The van der Waals surface area contributed by atoms with E-state index in [0.717, 1.165) is 25.9 Å². The lowest BCUT2D eigenvalue weighted by Gasteiger charge is -2.16. The van der Waals surface area contributed by atoms with Crippen molar-refractivity contribution < 1.29 is 14.4 Å². The number of nitrogens with one attached hydrogen (secondary N) is 4. The molecule has 0 atom stereocenters. The Labute approximate surface area is 166 Å². The first kappa shape index (κ1) is 23.4. The average molecular weight is 393 g/mol. The Morgan fingerprint density at radius 1 is 1.00 bits per heavy atom. The largest absolute Gasteiger partial charge is 0.348 e. The van der Waals surface area contributed by atoms with Crippen LogP contribution in [0.4, 0.5) is 16.2 Å². The lowest BCUT2D eigenvalue weighted by Crippen LogP contribution is -2.37. The molecule has 6 N–H and O–H groups in total. The molecular formula is C19H32N6O3. The number of nitrogens with zero attached hydrogens (tertiary/aromatic N) is 1. The van der Waals surface area contributed by atoms with Crippen LogP contribution in [0.25, 0.3) is 0 Å². The highest BCUT2D eigenvalue weighted by Crippen LogP contribution is 2.23. The zero-order valence-electron chi connectivity index (χ0n) is 16.9. The van der Waals surface area contributed by atoms with E-state index in [-0.39, 0.29) is 6.03 Å². The van der Waals surface area contributed by atoms with Gasteiger partial charge in [0.1, 0.15) is 0 Å². The van der Waals surface area contributed by atoms with E-state index in [9.17, 15) is 14.4 Å². The molecule has 28 heavy (non-hydrogen) atoms. The summed E-state index contributed by atoms with van der Waals surface area (Å²) < 4.78 is 0. The van der Waals surface area contributed by atoms with Gasteiger partial charge in [-0.25, -0.2) is 4.79 Å². The molecule has 0 aliphatic heterocycles. The minimum absolute atomic E-state index is 0.330. The van der Waals surface area contributed by atoms with Crippen LogP contribution in [-0.4, -0.2) is 62.5 Å². The van der Waals surface area contributed by atoms with Gasteiger partial charge in [0.15, 0.2) is 0 Å². The van der Waals surface area contributed by atoms with Gasteiger partial charge in [-0.15, -0.1) is 0 Å². The van der Waals surface area contributed by atoms with Gasteiger partial charge in [0.2, 0.25) is 0 Å². The van der Waals surface area contributed by atoms with Gasteiger partial charge in [-0.3, -0.25) is 9.59 Å². The topological polar surface area (TPSA) is 129 Å². The van der Waals surface area contributed by atoms with Crippen LogP contribution in [0, 0.1) is 6.92 Å². The summed E-state index contributed by atoms with van der Waals surface area (Å²) in [7, 11) is 1.99. The second-order valence-corrected chi connectivity index (χ2v) is 6.47. The number of carbonyl (C=O) groups is 3. The van der Waals surface area contributed by atoms with Crippen LogP contribution in [0.2, 0.25) is 0 Å². The molecule has 0 aliphatic carbocycles. The molecule has 4 amide bonds. The number of anilines is 2. The van der Waals surface area contributed by atoms with Gasteiger partial charge in [-0.05, 0) is 71.1 Å². The van der Waals surface area contributed by atoms with E-state index in [0.29, 0.717) is 36.6 Å². The predicted octanol–water partition coefficient (Wildman–Crippen LogP) is 0.862. The molecule has 9 heteroatoms. The molecule has 1 rings (SSSR count). The van der Waals surface area contributed by atoms with E-state index < -0.39 is 11.8 Å². The quantitative estimate of drug-likeness (QED) is 0.298. The molecule has 1 aromatic carbocycles. The smallest absolute Gasteiger partial charge is 0.319 e. The molecule has 0 aliphatic rings. The molecule has 0 spiro atoms. The Morgan fingerprint density at radius 2 is 1.64 bits per heavy atom. The van der Waals surface area contributed by atoms with Crippen LogP contribution in [0.15, 0.2) is 18.2 Å². The Hall–Kier alpha value is -2.65. The SMILES string of the molecule is CCNC(=O)Nc1cccc(NC(=O)C(=O)NCCCN(C)CCCN)c1C. The third kappa shape index (κ3) is 8.36. The van der Waals surface area contributed by atoms with E-state index in [1.165, 1.54) is 0 Å². The molecule has 9 nitrogen and oxygen atoms in total. The second-order valence-electron chi connectivity index (χ2n) is 6.47. The number of hydrogen-bond donors (Lipinski definition) is 5. The van der Waals surface area contributed by atoms with Crippen molar-refractivity contribution in [3.05, 3.63) is 23.8 Å². The van der Waals surface area contributed by atoms with Crippen molar-refractivity contribution in [2.75, 3.05) is 50.4 Å². The van der Waals surface area contributed by atoms with Crippen LogP contribution in [0.5, 0.6) is 0 Å². The molecule has 0 heterocycles. The van der Waals surface area contributed by atoms with Crippen molar-refractivity contribution in [2.24, 2.45) is 5.73 Å². The fraction of sp³-hybridized carbons (Fsp3) is 0.526. The molecule has 0 saturated carbocycles. The van der Waals surface area contributed by atoms with Crippen LogP contribution >= 0.6 is 0 Å². The highest BCUT2D eigenvalue weighted by atomic mass is 16.2. The third-order valence-electron chi connectivity index (χ3n) is 4.12. The van der Waals surface area contributed by atoms with E-state index in [1.807, 2.05) is 14.0 Å². The minimum Gasteiger partial charge on any atom is -0.348 e. The molecule has 0 bridgehead atoms. The Balaban J connectivity index is 2.49. The molecule has 1 aromatic rings. The van der Waals surface area contributed by atoms with Crippen LogP contribution in [0.1, 0.15) is 25.3 Å². The van der Waals surface area contributed by atoms with Gasteiger partial charge in [0.25, 0.3) is 0 Å². The van der Waals surface area contributed by atoms with Gasteiger partial charge in [0.05, 0.1) is 0 Å². The summed E-state index contributed by atoms with van der Waals surface area (Å²) in [5.41, 5.74) is 7.16. The van der Waals surface area contributed by atoms with Crippen molar-refractivity contribution in [3.63, 3.8) is 0 Å². The molecule has 0 aromatic heterocycles. The highest BCUT2D eigenvalue weighted by Gasteiger charge is 2.15. The summed E-state index contributed by atoms with van der Waals surface area (Å²) in [6.45, 7) is 6.87. The molecule has 0 radical (unpaired) electrons. The maximum atomic E-state index is 12.1. The number of benzene rings is 1. The first-order valence-electron chi connectivity index (χ1n) is 9.51. The van der Waals surface area contributed by atoms with Crippen molar-refractivity contribution in [1.29, 1.82) is 0 Å². The zero-order valence-corrected chi connectivity index (χ0v) is 16.9. The number of amides is 4. The first-order valence-corrected chi connectivity index (χ1v) is 9.51. The number of nitrogens with two attached hydrogens (primary N) is 1. The lowest BCUT2D eigenvalue weighted by molar-refractivity contribution is -0.136. The van der Waals surface area contributed by atoms with E-state index >= 15 is 0 Å². The average Bonchev–Trinajstić information content (AvgIpc) is 2.66. The van der Waals surface area contributed by atoms with Gasteiger partial charge >= 0.3 is 17.8 Å². The van der Waals surface area contributed by atoms with Gasteiger partial charge in [-0.2, -0.15) is 0 Å². The number of rotatable bonds is 10. The number of hydrogen-bond acceptors (Lipinski definition) is 5. The normalized spacial score (nSPS) is 10.5. The number of urea groups is 1. The zero-order chi connectivity index (χ0) is 20.9. The highest BCUT2D eigenvalue weighted by molar-refractivity contribution is 6.39. The molecule has 156 valence electrons. The Bertz CT molecular complexity index is 665. The van der Waals surface area contributed by atoms with E-state index in [1.54, 1.807) is 25.1 Å². The van der Waals surface area contributed by atoms with Gasteiger partial charge < -0.3 is 31.9 Å². The predicted molar refractivity (Wildman–Crippen MR) is 111 cm³/mol. The van der Waals surface area contributed by atoms with Crippen molar-refractivity contribution in [1.82, 2.24) is 15.5 Å². The first-order chi connectivity index (χ1) is 13.4. The van der Waals surface area contributed by atoms with Crippen molar-refractivity contribution in [3.8, 4) is 0 Å². The Kier molecular flexibility index (Phi) is 10.6. The number of carbonyl (C=O) groups excluding carboxylic acids is 3. The molecule has 0 fully saturated rings. The fourth-order valence-corrected chi connectivity index (χ4v) is 2.52. The standard InChI is InChI=1S/C19H32N6O3/c1-4-21-19(28)24-16-9-5-8-15(14(16)2)23-18(27)17(26)22-11-7-13-25(3)12-6-10-20/h5,8-9H,4,6-7,10-13,20H2,1-3H3,(H,22,26)(H,23,27)(H2,21,24,28). The summed E-state index contributed by atoms with van der Waals surface area (Å²) in [4.78, 5) is 37.9. The van der Waals surface area contributed by atoms with Crippen molar-refractivity contribution in [2.45, 2.75) is 26.7 Å². The minimum atomic E-state index is -0.741.